The predicted molar refractivity (Wildman–Crippen MR) is 118 cm³/mol. The topological polar surface area (TPSA) is 79.8 Å². The molecule has 0 heterocycles. The molecule has 2 aromatic rings. The van der Waals surface area contributed by atoms with Crippen LogP contribution in [0.2, 0.25) is 0 Å². The molecule has 0 aliphatic rings. The number of aliphatic imine (C=N–C) groups is 1. The van der Waals surface area contributed by atoms with Gasteiger partial charge in [-0.25, -0.2) is 13.4 Å². The molecule has 0 saturated heterocycles. The lowest BCUT2D eigenvalue weighted by molar-refractivity contribution is 0.328. The maximum Gasteiger partial charge on any atom is 0.191 e. The Hall–Kier alpha value is -2.54. The van der Waals surface area contributed by atoms with Crippen molar-refractivity contribution in [3.8, 4) is 5.75 Å². The Bertz CT molecular complexity index is 892. The number of sulfone groups is 1. The summed E-state index contributed by atoms with van der Waals surface area (Å²) in [4.78, 5) is 4.84. The molecule has 0 aliphatic heterocycles. The first kappa shape index (κ1) is 22.7. The van der Waals surface area contributed by atoms with Crippen LogP contribution in [0.25, 0.3) is 0 Å². The highest BCUT2D eigenvalue weighted by molar-refractivity contribution is 7.90. The van der Waals surface area contributed by atoms with Crippen molar-refractivity contribution >= 4 is 15.8 Å². The monoisotopic (exact) mass is 417 g/mol. The Balaban J connectivity index is 1.89. The van der Waals surface area contributed by atoms with E-state index in [1.54, 1.807) is 24.3 Å². The summed E-state index contributed by atoms with van der Waals surface area (Å²) in [5, 5.41) is 6.66. The molecule has 29 heavy (non-hydrogen) atoms. The number of ether oxygens (including phenoxy) is 1. The Morgan fingerprint density at radius 2 is 1.72 bits per heavy atom. The van der Waals surface area contributed by atoms with Crippen LogP contribution in [0.4, 0.5) is 0 Å². The number of benzene rings is 2. The van der Waals surface area contributed by atoms with Crippen LogP contribution in [0.15, 0.2) is 58.4 Å². The van der Waals surface area contributed by atoms with Gasteiger partial charge in [-0.15, -0.1) is 0 Å². The quantitative estimate of drug-likeness (QED) is 0.372. The summed E-state index contributed by atoms with van der Waals surface area (Å²) < 4.78 is 28.6. The van der Waals surface area contributed by atoms with Crippen molar-refractivity contribution in [1.29, 1.82) is 0 Å². The fourth-order valence-corrected chi connectivity index (χ4v) is 3.38. The van der Waals surface area contributed by atoms with E-state index >= 15 is 0 Å². The van der Waals surface area contributed by atoms with Crippen LogP contribution >= 0.6 is 0 Å². The molecular formula is C22H31N3O3S. The highest BCUT2D eigenvalue weighted by Gasteiger charge is 2.08. The van der Waals surface area contributed by atoms with E-state index in [1.807, 2.05) is 6.92 Å². The van der Waals surface area contributed by atoms with Crippen molar-refractivity contribution in [2.45, 2.75) is 38.1 Å². The van der Waals surface area contributed by atoms with Crippen molar-refractivity contribution in [3.05, 3.63) is 59.7 Å². The van der Waals surface area contributed by atoms with Gasteiger partial charge in [-0.05, 0) is 55.7 Å². The van der Waals surface area contributed by atoms with Crippen molar-refractivity contribution in [3.63, 3.8) is 0 Å². The van der Waals surface area contributed by atoms with Gasteiger partial charge in [-0.3, -0.25) is 0 Å². The maximum atomic E-state index is 11.5. The van der Waals surface area contributed by atoms with Gasteiger partial charge in [0.1, 0.15) is 12.4 Å². The molecule has 1 unspecified atom stereocenters. The van der Waals surface area contributed by atoms with Gasteiger partial charge in [0.25, 0.3) is 0 Å². The molecule has 0 aromatic heterocycles. The molecule has 1 atom stereocenters. The molecule has 0 radical (unpaired) electrons. The summed E-state index contributed by atoms with van der Waals surface area (Å²) in [6.45, 7) is 7.92. The van der Waals surface area contributed by atoms with E-state index in [0.29, 0.717) is 18.9 Å². The van der Waals surface area contributed by atoms with Crippen LogP contribution < -0.4 is 15.4 Å². The SMILES string of the molecule is CCNC(=NCCOc1ccc(S(C)(=O)=O)cc1)NC(C)c1ccc(CC)cc1. The molecule has 2 N–H and O–H groups in total. The van der Waals surface area contributed by atoms with E-state index < -0.39 is 9.84 Å². The van der Waals surface area contributed by atoms with Crippen LogP contribution in [0.1, 0.15) is 37.9 Å². The molecule has 0 saturated carbocycles. The normalized spacial score (nSPS) is 13.0. The highest BCUT2D eigenvalue weighted by Crippen LogP contribution is 2.16. The number of hydrogen-bond donors (Lipinski definition) is 2. The van der Waals surface area contributed by atoms with Crippen molar-refractivity contribution in [2.75, 3.05) is 26.0 Å². The lowest BCUT2D eigenvalue weighted by atomic mass is 10.1. The molecule has 0 amide bonds. The summed E-state index contributed by atoms with van der Waals surface area (Å²) in [6, 6.07) is 15.1. The first-order valence-electron chi connectivity index (χ1n) is 9.90. The fraction of sp³-hybridized carbons (Fsp3) is 0.409. The van der Waals surface area contributed by atoms with Gasteiger partial charge in [0.15, 0.2) is 15.8 Å². The van der Waals surface area contributed by atoms with Crippen LogP contribution in [-0.2, 0) is 16.3 Å². The van der Waals surface area contributed by atoms with Crippen molar-refractivity contribution in [1.82, 2.24) is 10.6 Å². The second-order valence-electron chi connectivity index (χ2n) is 6.81. The Morgan fingerprint density at radius 1 is 1.07 bits per heavy atom. The lowest BCUT2D eigenvalue weighted by Gasteiger charge is -2.18. The van der Waals surface area contributed by atoms with Gasteiger partial charge in [0, 0.05) is 12.8 Å². The first-order valence-corrected chi connectivity index (χ1v) is 11.8. The third-order valence-electron chi connectivity index (χ3n) is 4.47. The Labute approximate surface area is 174 Å². The molecule has 0 spiro atoms. The van der Waals surface area contributed by atoms with E-state index in [1.165, 1.54) is 17.4 Å². The standard InChI is InChI=1S/C22H31N3O3S/c1-5-18-7-9-19(10-8-18)17(3)25-22(23-6-2)24-15-16-28-20-11-13-21(14-12-20)29(4,26)27/h7-14,17H,5-6,15-16H2,1-4H3,(H2,23,24,25). The zero-order valence-corrected chi connectivity index (χ0v) is 18.4. The minimum Gasteiger partial charge on any atom is -0.492 e. The molecule has 7 heteroatoms. The van der Waals surface area contributed by atoms with Gasteiger partial charge in [-0.1, -0.05) is 31.2 Å². The number of aryl methyl sites for hydroxylation is 1. The average Bonchev–Trinajstić information content (AvgIpc) is 2.71. The minimum absolute atomic E-state index is 0.128. The second-order valence-corrected chi connectivity index (χ2v) is 8.83. The first-order chi connectivity index (χ1) is 13.8. The fourth-order valence-electron chi connectivity index (χ4n) is 2.75. The summed E-state index contributed by atoms with van der Waals surface area (Å²) in [6.07, 6.45) is 2.22. The summed E-state index contributed by atoms with van der Waals surface area (Å²) >= 11 is 0. The van der Waals surface area contributed by atoms with E-state index in [9.17, 15) is 8.42 Å². The molecule has 6 nitrogen and oxygen atoms in total. The maximum absolute atomic E-state index is 11.5. The molecular weight excluding hydrogens is 386 g/mol. The largest absolute Gasteiger partial charge is 0.492 e. The smallest absolute Gasteiger partial charge is 0.191 e. The molecule has 0 fully saturated rings. The van der Waals surface area contributed by atoms with Gasteiger partial charge >= 0.3 is 0 Å². The minimum atomic E-state index is -3.19. The van der Waals surface area contributed by atoms with E-state index in [4.69, 9.17) is 4.74 Å². The molecule has 0 aliphatic carbocycles. The Kier molecular flexibility index (Phi) is 8.51. The van der Waals surface area contributed by atoms with Gasteiger partial charge in [-0.2, -0.15) is 0 Å². The molecule has 0 bridgehead atoms. The van der Waals surface area contributed by atoms with Crippen molar-refractivity contribution < 1.29 is 13.2 Å². The number of hydrogen-bond acceptors (Lipinski definition) is 4. The van der Waals surface area contributed by atoms with Crippen LogP contribution in [0.3, 0.4) is 0 Å². The number of nitrogens with one attached hydrogen (secondary N) is 2. The third-order valence-corrected chi connectivity index (χ3v) is 5.60. The van der Waals surface area contributed by atoms with E-state index in [2.05, 4.69) is 53.7 Å². The van der Waals surface area contributed by atoms with Crippen molar-refractivity contribution in [2.24, 2.45) is 4.99 Å². The second kappa shape index (κ2) is 10.9. The van der Waals surface area contributed by atoms with E-state index in [0.717, 1.165) is 18.9 Å². The van der Waals surface area contributed by atoms with Gasteiger partial charge in [0.2, 0.25) is 0 Å². The Morgan fingerprint density at radius 3 is 2.28 bits per heavy atom. The lowest BCUT2D eigenvalue weighted by Crippen LogP contribution is -2.39. The molecule has 158 valence electrons. The summed E-state index contributed by atoms with van der Waals surface area (Å²) in [7, 11) is -3.19. The van der Waals surface area contributed by atoms with Crippen LogP contribution in [0, 0.1) is 0 Å². The number of rotatable bonds is 9. The van der Waals surface area contributed by atoms with Crippen LogP contribution in [-0.4, -0.2) is 40.3 Å². The molecule has 2 aromatic carbocycles. The predicted octanol–water partition coefficient (Wildman–Crippen LogP) is 3.35. The molecule has 2 rings (SSSR count). The highest BCUT2D eigenvalue weighted by atomic mass is 32.2. The zero-order chi connectivity index (χ0) is 21.3. The zero-order valence-electron chi connectivity index (χ0n) is 17.6. The van der Waals surface area contributed by atoms with Gasteiger partial charge < -0.3 is 15.4 Å². The average molecular weight is 418 g/mol. The number of nitrogens with zero attached hydrogens (tertiary/aromatic N) is 1. The van der Waals surface area contributed by atoms with E-state index in [-0.39, 0.29) is 10.9 Å². The third kappa shape index (κ3) is 7.42. The number of guanidine groups is 1. The van der Waals surface area contributed by atoms with Crippen LogP contribution in [0.5, 0.6) is 5.75 Å². The summed E-state index contributed by atoms with van der Waals surface area (Å²) in [5.41, 5.74) is 2.53. The van der Waals surface area contributed by atoms with Gasteiger partial charge in [0.05, 0.1) is 17.5 Å². The summed E-state index contributed by atoms with van der Waals surface area (Å²) in [5.74, 6) is 1.35.